The van der Waals surface area contributed by atoms with Gasteiger partial charge in [0, 0.05) is 25.7 Å². The van der Waals surface area contributed by atoms with E-state index in [0.717, 1.165) is 102 Å². The Morgan fingerprint density at radius 1 is 0.261 bits per heavy atom. The van der Waals surface area contributed by atoms with E-state index in [4.69, 9.17) is 37.0 Å². The number of esters is 4. The molecule has 0 saturated heterocycles. The molecule has 19 heteroatoms. The summed E-state index contributed by atoms with van der Waals surface area (Å²) in [6, 6.07) is 0. The van der Waals surface area contributed by atoms with Crippen LogP contribution in [0.5, 0.6) is 0 Å². The second-order valence-electron chi connectivity index (χ2n) is 33.8. The molecule has 0 aliphatic carbocycles. The molecule has 0 heterocycles. The minimum absolute atomic E-state index is 0.109. The van der Waals surface area contributed by atoms with Crippen LogP contribution >= 0.6 is 15.6 Å². The lowest BCUT2D eigenvalue weighted by molar-refractivity contribution is -0.161. The van der Waals surface area contributed by atoms with E-state index in [1.807, 2.05) is 0 Å². The lowest BCUT2D eigenvalue weighted by Gasteiger charge is -2.21. The molecule has 111 heavy (non-hydrogen) atoms. The van der Waals surface area contributed by atoms with Crippen LogP contribution in [0.4, 0.5) is 0 Å². The molecule has 0 fully saturated rings. The molecule has 3 unspecified atom stereocenters. The molecule has 0 amide bonds. The van der Waals surface area contributed by atoms with E-state index in [1.54, 1.807) is 0 Å². The highest BCUT2D eigenvalue weighted by atomic mass is 31.2. The molecule has 0 rings (SSSR count). The first-order valence-electron chi connectivity index (χ1n) is 47.5. The normalized spacial score (nSPS) is 14.0. The first-order chi connectivity index (χ1) is 53.9. The van der Waals surface area contributed by atoms with Crippen molar-refractivity contribution in [2.24, 2.45) is 11.8 Å². The Bertz CT molecular complexity index is 2120. The SMILES string of the molecule is CCCCCCCCCCCCCCCCCCCCC(=O)O[C@H](COC(=O)CCCCCCCCCCCCCCC)COP(=O)(O)OC[C@H](O)COP(=O)(O)OC[C@@H](COC(=O)CCCCCCCCCCCCCCCCCC(C)C)OC(=O)CCCCCCCCCCCCCCCCCCCCC(C)CC. The van der Waals surface area contributed by atoms with Crippen LogP contribution in [0.25, 0.3) is 0 Å². The van der Waals surface area contributed by atoms with Crippen molar-refractivity contribution in [1.29, 1.82) is 0 Å². The van der Waals surface area contributed by atoms with Crippen LogP contribution in [0.1, 0.15) is 497 Å². The fourth-order valence-electron chi connectivity index (χ4n) is 14.4. The molecular weight excluding hydrogens is 1440 g/mol. The van der Waals surface area contributed by atoms with Gasteiger partial charge in [-0.2, -0.15) is 0 Å². The molecular formula is C92H180O17P2. The van der Waals surface area contributed by atoms with Gasteiger partial charge < -0.3 is 33.8 Å². The summed E-state index contributed by atoms with van der Waals surface area (Å²) >= 11 is 0. The van der Waals surface area contributed by atoms with E-state index in [-0.39, 0.29) is 25.7 Å². The van der Waals surface area contributed by atoms with Crippen LogP contribution in [-0.4, -0.2) is 96.7 Å². The maximum Gasteiger partial charge on any atom is 0.472 e. The maximum atomic E-state index is 13.2. The summed E-state index contributed by atoms with van der Waals surface area (Å²) in [5.41, 5.74) is 0. The first kappa shape index (κ1) is 109. The number of unbranched alkanes of at least 4 members (excludes halogenated alkanes) is 60. The molecule has 660 valence electrons. The number of aliphatic hydroxyl groups excluding tert-OH is 1. The van der Waals surface area contributed by atoms with Gasteiger partial charge in [-0.3, -0.25) is 37.3 Å². The summed E-state index contributed by atoms with van der Waals surface area (Å²) in [6.07, 6.45) is 77.7. The zero-order valence-electron chi connectivity index (χ0n) is 73.3. The molecule has 17 nitrogen and oxygen atoms in total. The molecule has 0 aromatic heterocycles. The van der Waals surface area contributed by atoms with Crippen LogP contribution in [0.2, 0.25) is 0 Å². The van der Waals surface area contributed by atoms with Gasteiger partial charge in [0.2, 0.25) is 0 Å². The second-order valence-corrected chi connectivity index (χ2v) is 36.7. The van der Waals surface area contributed by atoms with Gasteiger partial charge in [-0.1, -0.05) is 446 Å². The molecule has 3 N–H and O–H groups in total. The van der Waals surface area contributed by atoms with Crippen molar-refractivity contribution in [2.75, 3.05) is 39.6 Å². The molecule has 0 saturated carbocycles. The monoisotopic (exact) mass is 1620 g/mol. The number of carbonyl (C=O) groups is 4. The summed E-state index contributed by atoms with van der Waals surface area (Å²) in [7, 11) is -9.94. The molecule has 0 radical (unpaired) electrons. The summed E-state index contributed by atoms with van der Waals surface area (Å²) in [6.45, 7) is 9.81. The number of carbonyl (C=O) groups excluding carboxylic acids is 4. The molecule has 0 aliphatic heterocycles. The quantitative estimate of drug-likeness (QED) is 0.0222. The van der Waals surface area contributed by atoms with E-state index >= 15 is 0 Å². The third-order valence-corrected chi connectivity index (χ3v) is 24.0. The van der Waals surface area contributed by atoms with Crippen molar-refractivity contribution in [3.05, 3.63) is 0 Å². The highest BCUT2D eigenvalue weighted by Crippen LogP contribution is 2.45. The van der Waals surface area contributed by atoms with Crippen LogP contribution < -0.4 is 0 Å². The maximum absolute atomic E-state index is 13.2. The zero-order valence-corrected chi connectivity index (χ0v) is 75.1. The number of rotatable bonds is 91. The Hall–Kier alpha value is -1.94. The first-order valence-corrected chi connectivity index (χ1v) is 50.5. The fourth-order valence-corrected chi connectivity index (χ4v) is 16.0. The number of phosphoric ester groups is 2. The Labute approximate surface area is 683 Å². The number of ether oxygens (including phenoxy) is 4. The molecule has 0 aromatic carbocycles. The van der Waals surface area contributed by atoms with Crippen LogP contribution in [-0.2, 0) is 65.4 Å². The molecule has 0 bridgehead atoms. The molecule has 6 atom stereocenters. The minimum atomic E-state index is -4.97. The van der Waals surface area contributed by atoms with E-state index < -0.39 is 97.5 Å². The van der Waals surface area contributed by atoms with Crippen molar-refractivity contribution >= 4 is 39.5 Å². The Morgan fingerprint density at radius 2 is 0.459 bits per heavy atom. The van der Waals surface area contributed by atoms with Crippen molar-refractivity contribution in [3.63, 3.8) is 0 Å². The number of hydrogen-bond donors (Lipinski definition) is 3. The van der Waals surface area contributed by atoms with E-state index in [0.29, 0.717) is 25.7 Å². The van der Waals surface area contributed by atoms with Crippen LogP contribution in [0.15, 0.2) is 0 Å². The number of aliphatic hydroxyl groups is 1. The number of phosphoric acid groups is 2. The van der Waals surface area contributed by atoms with Gasteiger partial charge in [0.25, 0.3) is 0 Å². The second kappa shape index (κ2) is 83.1. The predicted molar refractivity (Wildman–Crippen MR) is 460 cm³/mol. The highest BCUT2D eigenvalue weighted by molar-refractivity contribution is 7.47. The van der Waals surface area contributed by atoms with E-state index in [9.17, 15) is 43.2 Å². The van der Waals surface area contributed by atoms with Gasteiger partial charge in [-0.25, -0.2) is 9.13 Å². The average molecular weight is 1620 g/mol. The Kier molecular flexibility index (Phi) is 81.7. The van der Waals surface area contributed by atoms with Crippen molar-refractivity contribution in [2.45, 2.75) is 516 Å². The molecule has 0 aliphatic rings. The van der Waals surface area contributed by atoms with Crippen LogP contribution in [0, 0.1) is 11.8 Å². The van der Waals surface area contributed by atoms with Gasteiger partial charge in [0.05, 0.1) is 26.4 Å². The van der Waals surface area contributed by atoms with Gasteiger partial charge in [-0.15, -0.1) is 0 Å². The smallest absolute Gasteiger partial charge is 0.462 e. The van der Waals surface area contributed by atoms with Gasteiger partial charge in [0.15, 0.2) is 12.2 Å². The van der Waals surface area contributed by atoms with Gasteiger partial charge >= 0.3 is 39.5 Å². The van der Waals surface area contributed by atoms with Gasteiger partial charge in [-0.05, 0) is 37.5 Å². The Balaban J connectivity index is 5.26. The predicted octanol–water partition coefficient (Wildman–Crippen LogP) is 28.6. The lowest BCUT2D eigenvalue weighted by atomic mass is 9.99. The third-order valence-electron chi connectivity index (χ3n) is 22.1. The fraction of sp³-hybridized carbons (Fsp3) is 0.957. The van der Waals surface area contributed by atoms with Crippen molar-refractivity contribution < 1.29 is 80.2 Å². The van der Waals surface area contributed by atoms with Crippen molar-refractivity contribution in [3.8, 4) is 0 Å². The lowest BCUT2D eigenvalue weighted by Crippen LogP contribution is -2.30. The summed E-state index contributed by atoms with van der Waals surface area (Å²) in [5.74, 6) is -0.415. The van der Waals surface area contributed by atoms with Gasteiger partial charge in [0.1, 0.15) is 19.3 Å². The van der Waals surface area contributed by atoms with Crippen molar-refractivity contribution in [1.82, 2.24) is 0 Å². The molecule has 0 spiro atoms. The average Bonchev–Trinajstić information content (AvgIpc) is 0.896. The van der Waals surface area contributed by atoms with Crippen LogP contribution in [0.3, 0.4) is 0 Å². The summed E-state index contributed by atoms with van der Waals surface area (Å²) in [5, 5.41) is 10.7. The number of hydrogen-bond acceptors (Lipinski definition) is 15. The topological polar surface area (TPSA) is 237 Å². The Morgan fingerprint density at radius 3 is 0.685 bits per heavy atom. The third kappa shape index (κ3) is 84.3. The largest absolute Gasteiger partial charge is 0.472 e. The zero-order chi connectivity index (χ0) is 81.3. The summed E-state index contributed by atoms with van der Waals surface area (Å²) in [4.78, 5) is 73.5. The highest BCUT2D eigenvalue weighted by Gasteiger charge is 2.31. The minimum Gasteiger partial charge on any atom is -0.462 e. The van der Waals surface area contributed by atoms with E-state index in [1.165, 1.54) is 315 Å². The molecule has 0 aromatic rings. The standard InChI is InChI=1S/C92H180O17P2/c1-7-10-12-14-16-18-20-22-23-24-28-33-40-46-52-58-64-70-76-91(96)108-87(80-102-89(94)74-68-62-56-50-44-36-21-19-17-15-13-11-8-2)82-106-110(98,99)104-78-86(93)79-105-111(100,101)107-83-88(81-103-90(95)75-69-63-57-51-45-39-35-30-31-37-42-48-54-60-66-72-84(4)5)109-92(97)77-71-65-59-53-47-41-34-29-26-25-27-32-38-43-49-55-61-67-73-85(6)9-3/h84-88,93H,7-83H2,1-6H3,(H,98,99)(H,100,101)/t85?,86-,87+,88+/m0/s1. The van der Waals surface area contributed by atoms with E-state index in [2.05, 4.69) is 41.5 Å². The summed E-state index contributed by atoms with van der Waals surface area (Å²) < 4.78 is 69.1.